The Bertz CT molecular complexity index is 546. The van der Waals surface area contributed by atoms with Crippen molar-refractivity contribution in [3.05, 3.63) is 35.6 Å². The number of benzene rings is 1. The second-order valence-electron chi connectivity index (χ2n) is 5.14. The first-order valence-electron chi connectivity index (χ1n) is 7.55. The van der Waals surface area contributed by atoms with Gasteiger partial charge in [0.15, 0.2) is 6.29 Å². The fourth-order valence-electron chi connectivity index (χ4n) is 2.46. The van der Waals surface area contributed by atoms with Crippen molar-refractivity contribution in [2.75, 3.05) is 20.8 Å². The molecule has 0 atom stereocenters. The van der Waals surface area contributed by atoms with Gasteiger partial charge in [-0.2, -0.15) is 0 Å². The third-order valence-corrected chi connectivity index (χ3v) is 3.68. The van der Waals surface area contributed by atoms with Gasteiger partial charge in [0.2, 0.25) is 0 Å². The van der Waals surface area contributed by atoms with Gasteiger partial charge in [-0.15, -0.1) is 0 Å². The van der Waals surface area contributed by atoms with E-state index < -0.39 is 0 Å². The third-order valence-electron chi connectivity index (χ3n) is 3.68. The van der Waals surface area contributed by atoms with E-state index in [1.54, 1.807) is 14.2 Å². The Morgan fingerprint density at radius 3 is 2.67 bits per heavy atom. The predicted molar refractivity (Wildman–Crippen MR) is 84.3 cm³/mol. The van der Waals surface area contributed by atoms with Gasteiger partial charge in [-0.3, -0.25) is 0 Å². The summed E-state index contributed by atoms with van der Waals surface area (Å²) in [6, 6.07) is 8.22. The number of aryl methyl sites for hydroxylation is 1. The molecule has 0 saturated heterocycles. The largest absolute Gasteiger partial charge is 0.461 e. The molecule has 0 bridgehead atoms. The number of para-hydroxylation sites is 1. The van der Waals surface area contributed by atoms with Crippen molar-refractivity contribution >= 4 is 11.0 Å². The van der Waals surface area contributed by atoms with Crippen molar-refractivity contribution in [1.29, 1.82) is 0 Å². The number of rotatable bonds is 9. The number of methoxy groups -OCH3 is 2. The molecule has 1 aromatic heterocycles. The Morgan fingerprint density at radius 2 is 1.95 bits per heavy atom. The summed E-state index contributed by atoms with van der Waals surface area (Å²) in [4.78, 5) is 0. The molecule has 0 aliphatic rings. The molecule has 0 fully saturated rings. The van der Waals surface area contributed by atoms with Crippen molar-refractivity contribution in [2.24, 2.45) is 0 Å². The van der Waals surface area contributed by atoms with Gasteiger partial charge < -0.3 is 19.2 Å². The van der Waals surface area contributed by atoms with Crippen LogP contribution in [-0.2, 0) is 22.4 Å². The molecule has 21 heavy (non-hydrogen) atoms. The van der Waals surface area contributed by atoms with Crippen LogP contribution >= 0.6 is 0 Å². The van der Waals surface area contributed by atoms with Gasteiger partial charge in [0.05, 0.1) is 0 Å². The second-order valence-corrected chi connectivity index (χ2v) is 5.14. The van der Waals surface area contributed by atoms with E-state index in [9.17, 15) is 0 Å². The van der Waals surface area contributed by atoms with Crippen LogP contribution in [0.15, 0.2) is 28.7 Å². The van der Waals surface area contributed by atoms with Crippen LogP contribution in [0.2, 0.25) is 0 Å². The molecule has 4 nitrogen and oxygen atoms in total. The summed E-state index contributed by atoms with van der Waals surface area (Å²) in [5.41, 5.74) is 2.22. The van der Waals surface area contributed by atoms with Crippen molar-refractivity contribution in [3.63, 3.8) is 0 Å². The van der Waals surface area contributed by atoms with Crippen LogP contribution in [0.25, 0.3) is 11.0 Å². The van der Waals surface area contributed by atoms with Gasteiger partial charge in [-0.1, -0.05) is 31.5 Å². The van der Waals surface area contributed by atoms with Gasteiger partial charge in [0.25, 0.3) is 0 Å². The van der Waals surface area contributed by atoms with Crippen LogP contribution in [0.5, 0.6) is 0 Å². The zero-order valence-electron chi connectivity index (χ0n) is 13.1. The molecule has 0 unspecified atom stereocenters. The summed E-state index contributed by atoms with van der Waals surface area (Å²) in [6.07, 6.45) is 3.08. The van der Waals surface area contributed by atoms with E-state index in [0.29, 0.717) is 6.54 Å². The van der Waals surface area contributed by atoms with E-state index in [1.807, 2.05) is 12.1 Å². The first-order chi connectivity index (χ1) is 10.3. The molecule has 0 saturated carbocycles. The molecule has 0 aliphatic carbocycles. The van der Waals surface area contributed by atoms with Crippen molar-refractivity contribution in [1.82, 2.24) is 5.32 Å². The summed E-state index contributed by atoms with van der Waals surface area (Å²) < 4.78 is 16.4. The smallest absolute Gasteiger partial charge is 0.169 e. The minimum atomic E-state index is -0.220. The van der Waals surface area contributed by atoms with Crippen LogP contribution in [0, 0.1) is 0 Å². The average Bonchev–Trinajstić information content (AvgIpc) is 2.87. The van der Waals surface area contributed by atoms with E-state index in [1.165, 1.54) is 17.4 Å². The summed E-state index contributed by atoms with van der Waals surface area (Å²) in [7, 11) is 3.30. The number of furan rings is 1. The Kier molecular flexibility index (Phi) is 6.23. The maximum absolute atomic E-state index is 6.01. The standard InChI is InChI=1S/C17H25NO3/c1-4-5-9-16-14(11-18-12-17(19-2)20-3)13-8-6-7-10-15(13)21-16/h6-8,10,17-18H,4-5,9,11-12H2,1-3H3. The Labute approximate surface area is 126 Å². The molecule has 116 valence electrons. The maximum Gasteiger partial charge on any atom is 0.169 e. The molecular weight excluding hydrogens is 266 g/mol. The van der Waals surface area contributed by atoms with Gasteiger partial charge in [0.1, 0.15) is 11.3 Å². The summed E-state index contributed by atoms with van der Waals surface area (Å²) in [6.45, 7) is 3.61. The second kappa shape index (κ2) is 8.17. The Morgan fingerprint density at radius 1 is 1.19 bits per heavy atom. The minimum absolute atomic E-state index is 0.220. The fraction of sp³-hybridized carbons (Fsp3) is 0.529. The fourth-order valence-corrected chi connectivity index (χ4v) is 2.46. The molecule has 1 N–H and O–H groups in total. The highest BCUT2D eigenvalue weighted by Gasteiger charge is 2.14. The molecule has 0 amide bonds. The quantitative estimate of drug-likeness (QED) is 0.718. The molecule has 1 aromatic carbocycles. The Hall–Kier alpha value is -1.36. The predicted octanol–water partition coefficient (Wildman–Crippen LogP) is 3.48. The highest BCUT2D eigenvalue weighted by atomic mass is 16.7. The van der Waals surface area contributed by atoms with E-state index in [0.717, 1.165) is 30.7 Å². The summed E-state index contributed by atoms with van der Waals surface area (Å²) >= 11 is 0. The Balaban J connectivity index is 2.11. The van der Waals surface area contributed by atoms with Crippen molar-refractivity contribution in [3.8, 4) is 0 Å². The molecule has 1 heterocycles. The van der Waals surface area contributed by atoms with Crippen molar-refractivity contribution in [2.45, 2.75) is 39.0 Å². The molecule has 2 rings (SSSR count). The highest BCUT2D eigenvalue weighted by molar-refractivity contribution is 5.82. The number of hydrogen-bond acceptors (Lipinski definition) is 4. The van der Waals surface area contributed by atoms with Gasteiger partial charge in [-0.05, 0) is 12.5 Å². The van der Waals surface area contributed by atoms with E-state index >= 15 is 0 Å². The molecule has 0 aliphatic heterocycles. The lowest BCUT2D eigenvalue weighted by molar-refractivity contribution is -0.0989. The van der Waals surface area contributed by atoms with Crippen LogP contribution in [0.1, 0.15) is 31.1 Å². The topological polar surface area (TPSA) is 43.6 Å². The van der Waals surface area contributed by atoms with Crippen molar-refractivity contribution < 1.29 is 13.9 Å². The summed E-state index contributed by atoms with van der Waals surface area (Å²) in [5.74, 6) is 1.09. The molecular formula is C17H25NO3. The van der Waals surface area contributed by atoms with Gasteiger partial charge in [0, 0.05) is 44.7 Å². The lowest BCUT2D eigenvalue weighted by Gasteiger charge is -2.14. The molecule has 4 heteroatoms. The van der Waals surface area contributed by atoms with Gasteiger partial charge in [-0.25, -0.2) is 0 Å². The zero-order chi connectivity index (χ0) is 15.1. The number of ether oxygens (including phenoxy) is 2. The normalized spacial score (nSPS) is 11.6. The zero-order valence-corrected chi connectivity index (χ0v) is 13.1. The van der Waals surface area contributed by atoms with Gasteiger partial charge >= 0.3 is 0 Å². The lowest BCUT2D eigenvalue weighted by Crippen LogP contribution is -2.29. The highest BCUT2D eigenvalue weighted by Crippen LogP contribution is 2.27. The number of fused-ring (bicyclic) bond motifs is 1. The SMILES string of the molecule is CCCCc1oc2ccccc2c1CNCC(OC)OC. The first kappa shape index (κ1) is 16.0. The average molecular weight is 291 g/mol. The van der Waals surface area contributed by atoms with Crippen LogP contribution < -0.4 is 5.32 Å². The van der Waals surface area contributed by atoms with E-state index in [2.05, 4.69) is 24.4 Å². The maximum atomic E-state index is 6.01. The minimum Gasteiger partial charge on any atom is -0.461 e. The number of hydrogen-bond donors (Lipinski definition) is 1. The molecule has 0 spiro atoms. The number of unbranched alkanes of at least 4 members (excludes halogenated alkanes) is 1. The van der Waals surface area contributed by atoms with Crippen LogP contribution in [0.4, 0.5) is 0 Å². The van der Waals surface area contributed by atoms with E-state index in [-0.39, 0.29) is 6.29 Å². The first-order valence-corrected chi connectivity index (χ1v) is 7.55. The van der Waals surface area contributed by atoms with E-state index in [4.69, 9.17) is 13.9 Å². The number of nitrogens with one attached hydrogen (secondary N) is 1. The molecule has 2 aromatic rings. The molecule has 0 radical (unpaired) electrons. The summed E-state index contributed by atoms with van der Waals surface area (Å²) in [5, 5.41) is 4.59. The van der Waals surface area contributed by atoms with Crippen LogP contribution in [0.3, 0.4) is 0 Å². The lowest BCUT2D eigenvalue weighted by atomic mass is 10.1. The third kappa shape index (κ3) is 4.06. The monoisotopic (exact) mass is 291 g/mol. The van der Waals surface area contributed by atoms with Crippen LogP contribution in [-0.4, -0.2) is 27.1 Å².